The first-order chi connectivity index (χ1) is 10.2. The fourth-order valence-corrected chi connectivity index (χ4v) is 5.43. The van der Waals surface area contributed by atoms with E-state index >= 15 is 0 Å². The molecule has 1 aliphatic rings. The molecule has 0 spiro atoms. The van der Waals surface area contributed by atoms with Gasteiger partial charge in [-0.3, -0.25) is 0 Å². The van der Waals surface area contributed by atoms with Crippen molar-refractivity contribution in [1.82, 2.24) is 9.03 Å². The van der Waals surface area contributed by atoms with Crippen LogP contribution in [-0.2, 0) is 26.5 Å². The Morgan fingerprint density at radius 1 is 1.14 bits per heavy atom. The molecule has 1 unspecified atom stereocenters. The first-order valence-electron chi connectivity index (χ1n) is 7.19. The van der Waals surface area contributed by atoms with Gasteiger partial charge in [-0.15, -0.1) is 0 Å². The summed E-state index contributed by atoms with van der Waals surface area (Å²) in [7, 11) is -4.37. The maximum Gasteiger partial charge on any atom is 0.214 e. The van der Waals surface area contributed by atoms with Crippen LogP contribution in [0.4, 0.5) is 0 Å². The highest BCUT2D eigenvalue weighted by Gasteiger charge is 2.26. The van der Waals surface area contributed by atoms with E-state index < -0.39 is 31.6 Å². The highest BCUT2D eigenvalue weighted by atomic mass is 32.2. The Labute approximate surface area is 132 Å². The van der Waals surface area contributed by atoms with Gasteiger partial charge >= 0.3 is 0 Å². The smallest absolute Gasteiger partial charge is 0.212 e. The molecule has 1 aliphatic carbocycles. The van der Waals surface area contributed by atoms with Gasteiger partial charge in [0, 0.05) is 20.1 Å². The van der Waals surface area contributed by atoms with Crippen LogP contribution in [0.5, 0.6) is 0 Å². The zero-order valence-corrected chi connectivity index (χ0v) is 14.5. The number of nitrogens with one attached hydrogen (secondary N) is 1. The van der Waals surface area contributed by atoms with Crippen molar-refractivity contribution in [1.29, 1.82) is 0 Å². The Morgan fingerprint density at radius 2 is 1.82 bits per heavy atom. The summed E-state index contributed by atoms with van der Waals surface area (Å²) >= 11 is 0. The largest absolute Gasteiger partial charge is 0.214 e. The number of hydrogen-bond acceptors (Lipinski definition) is 4. The van der Waals surface area contributed by atoms with E-state index in [1.165, 1.54) is 14.1 Å². The molecule has 0 bridgehead atoms. The molecule has 1 atom stereocenters. The Kier molecular flexibility index (Phi) is 5.26. The van der Waals surface area contributed by atoms with Gasteiger partial charge in [-0.2, -0.15) is 0 Å². The van der Waals surface area contributed by atoms with Crippen molar-refractivity contribution in [2.24, 2.45) is 0 Å². The summed E-state index contributed by atoms with van der Waals surface area (Å²) in [6.07, 6.45) is 2.60. The number of fused-ring (bicyclic) bond motifs is 1. The number of aryl methyl sites for hydroxylation is 1. The number of benzene rings is 1. The van der Waals surface area contributed by atoms with Crippen molar-refractivity contribution < 1.29 is 16.8 Å². The third-order valence-electron chi connectivity index (χ3n) is 3.86. The average molecular weight is 346 g/mol. The van der Waals surface area contributed by atoms with Gasteiger partial charge < -0.3 is 0 Å². The molecule has 0 heterocycles. The van der Waals surface area contributed by atoms with Gasteiger partial charge in [0.05, 0.1) is 11.5 Å². The second-order valence-corrected chi connectivity index (χ2v) is 9.85. The first kappa shape index (κ1) is 17.4. The van der Waals surface area contributed by atoms with Crippen LogP contribution in [-0.4, -0.2) is 46.7 Å². The summed E-state index contributed by atoms with van der Waals surface area (Å²) in [5.41, 5.74) is 2.15. The Hall–Kier alpha value is -0.960. The predicted molar refractivity (Wildman–Crippen MR) is 86.5 cm³/mol. The van der Waals surface area contributed by atoms with Crippen molar-refractivity contribution in [3.63, 3.8) is 0 Å². The predicted octanol–water partition coefficient (Wildman–Crippen LogP) is 0.875. The molecule has 22 heavy (non-hydrogen) atoms. The summed E-state index contributed by atoms with van der Waals surface area (Å²) in [5, 5.41) is 0. The van der Waals surface area contributed by atoms with E-state index in [4.69, 9.17) is 0 Å². The Bertz CT molecular complexity index is 727. The molecule has 0 aliphatic heterocycles. The van der Waals surface area contributed by atoms with Gasteiger partial charge in [0.1, 0.15) is 0 Å². The molecule has 1 aromatic rings. The number of nitrogens with zero attached hydrogens (tertiary/aromatic N) is 1. The summed E-state index contributed by atoms with van der Waals surface area (Å²) in [6, 6.07) is 7.50. The fourth-order valence-electron chi connectivity index (χ4n) is 2.55. The van der Waals surface area contributed by atoms with Crippen LogP contribution in [0.25, 0.3) is 0 Å². The Morgan fingerprint density at radius 3 is 2.50 bits per heavy atom. The van der Waals surface area contributed by atoms with Gasteiger partial charge in [-0.25, -0.2) is 25.9 Å². The molecule has 0 aromatic heterocycles. The molecule has 6 nitrogen and oxygen atoms in total. The average Bonchev–Trinajstić information content (AvgIpc) is 2.45. The molecule has 124 valence electrons. The number of sulfonamides is 2. The standard InChI is InChI=1S/C14H22N2O4S2/c1-16(2)22(19,20)11-10-21(17,18)15-14-9-5-7-12-6-3-4-8-13(12)14/h3-4,6,8,14-15H,5,7,9-11H2,1-2H3. The lowest BCUT2D eigenvalue weighted by Gasteiger charge is -2.26. The molecular formula is C14H22N2O4S2. The second kappa shape index (κ2) is 6.66. The van der Waals surface area contributed by atoms with Crippen LogP contribution in [0.15, 0.2) is 24.3 Å². The topological polar surface area (TPSA) is 83.6 Å². The molecule has 0 saturated heterocycles. The minimum atomic E-state index is -3.65. The molecule has 1 N–H and O–H groups in total. The summed E-state index contributed by atoms with van der Waals surface area (Å²) in [6.45, 7) is 0. The molecule has 2 rings (SSSR count). The Balaban J connectivity index is 2.08. The van der Waals surface area contributed by atoms with Crippen molar-refractivity contribution >= 4 is 20.0 Å². The lowest BCUT2D eigenvalue weighted by molar-refractivity contribution is 0.505. The van der Waals surface area contributed by atoms with Crippen LogP contribution in [0, 0.1) is 0 Å². The summed E-state index contributed by atoms with van der Waals surface area (Å²) in [5.74, 6) is -0.837. The van der Waals surface area contributed by atoms with E-state index in [1.54, 1.807) is 0 Å². The zero-order chi connectivity index (χ0) is 16.4. The third kappa shape index (κ3) is 4.28. The van der Waals surface area contributed by atoms with E-state index in [2.05, 4.69) is 4.72 Å². The van der Waals surface area contributed by atoms with Gasteiger partial charge in [-0.05, 0) is 30.4 Å². The van der Waals surface area contributed by atoms with Crippen LogP contribution >= 0.6 is 0 Å². The molecule has 1 aromatic carbocycles. The van der Waals surface area contributed by atoms with Crippen LogP contribution < -0.4 is 4.72 Å². The van der Waals surface area contributed by atoms with Crippen LogP contribution in [0.1, 0.15) is 30.0 Å². The molecule has 8 heteroatoms. The summed E-state index contributed by atoms with van der Waals surface area (Å²) in [4.78, 5) is 0. The molecule has 0 amide bonds. The highest BCUT2D eigenvalue weighted by molar-refractivity contribution is 7.93. The lowest BCUT2D eigenvalue weighted by Crippen LogP contribution is -2.36. The van der Waals surface area contributed by atoms with E-state index in [0.717, 1.165) is 34.7 Å². The maximum atomic E-state index is 12.2. The minimum absolute atomic E-state index is 0.267. The molecule has 0 saturated carbocycles. The van der Waals surface area contributed by atoms with Gasteiger partial charge in [0.2, 0.25) is 20.0 Å². The second-order valence-electron chi connectivity index (χ2n) is 5.68. The van der Waals surface area contributed by atoms with E-state index in [9.17, 15) is 16.8 Å². The van der Waals surface area contributed by atoms with Gasteiger partial charge in [0.25, 0.3) is 0 Å². The van der Waals surface area contributed by atoms with E-state index in [0.29, 0.717) is 0 Å². The number of hydrogen-bond donors (Lipinski definition) is 1. The first-order valence-corrected chi connectivity index (χ1v) is 10.5. The quantitative estimate of drug-likeness (QED) is 0.829. The van der Waals surface area contributed by atoms with Crippen molar-refractivity contribution in [2.45, 2.75) is 25.3 Å². The molecule has 0 fully saturated rings. The fraction of sp³-hybridized carbons (Fsp3) is 0.571. The lowest BCUT2D eigenvalue weighted by atomic mass is 9.88. The van der Waals surface area contributed by atoms with Gasteiger partial charge in [-0.1, -0.05) is 24.3 Å². The maximum absolute atomic E-state index is 12.2. The highest BCUT2D eigenvalue weighted by Crippen LogP contribution is 2.29. The van der Waals surface area contributed by atoms with Crippen molar-refractivity contribution in [2.75, 3.05) is 25.6 Å². The SMILES string of the molecule is CN(C)S(=O)(=O)CCS(=O)(=O)NC1CCCc2ccccc21. The zero-order valence-electron chi connectivity index (χ0n) is 12.8. The van der Waals surface area contributed by atoms with Crippen LogP contribution in [0.2, 0.25) is 0 Å². The minimum Gasteiger partial charge on any atom is -0.212 e. The molecule has 0 radical (unpaired) electrons. The third-order valence-corrected chi connectivity index (χ3v) is 7.33. The van der Waals surface area contributed by atoms with Crippen molar-refractivity contribution in [3.8, 4) is 0 Å². The number of rotatable bonds is 6. The van der Waals surface area contributed by atoms with E-state index in [1.807, 2.05) is 24.3 Å². The van der Waals surface area contributed by atoms with Crippen LogP contribution in [0.3, 0.4) is 0 Å². The monoisotopic (exact) mass is 346 g/mol. The normalized spacial score (nSPS) is 19.1. The van der Waals surface area contributed by atoms with Gasteiger partial charge in [0.15, 0.2) is 0 Å². The van der Waals surface area contributed by atoms with E-state index in [-0.39, 0.29) is 6.04 Å². The molecular weight excluding hydrogens is 324 g/mol. The van der Waals surface area contributed by atoms with Crippen molar-refractivity contribution in [3.05, 3.63) is 35.4 Å². The summed E-state index contributed by atoms with van der Waals surface area (Å²) < 4.78 is 51.5.